The second kappa shape index (κ2) is 7.25. The van der Waals surface area contributed by atoms with Crippen molar-refractivity contribution in [2.45, 2.75) is 71.0 Å². The van der Waals surface area contributed by atoms with E-state index in [0.29, 0.717) is 12.6 Å². The van der Waals surface area contributed by atoms with Crippen molar-refractivity contribution in [3.8, 4) is 0 Å². The number of hydrogen-bond donors (Lipinski definition) is 1. The highest BCUT2D eigenvalue weighted by atomic mass is 16.5. The largest absolute Gasteiger partial charge is 0.465 e. The molecule has 0 heterocycles. The summed E-state index contributed by atoms with van der Waals surface area (Å²) in [5.41, 5.74) is -0.490. The molecule has 0 aromatic rings. The van der Waals surface area contributed by atoms with E-state index in [1.54, 1.807) is 0 Å². The first-order valence-corrected chi connectivity index (χ1v) is 7.60. The van der Waals surface area contributed by atoms with Crippen LogP contribution in [0, 0.1) is 0 Å². The first-order valence-electron chi connectivity index (χ1n) is 7.60. The summed E-state index contributed by atoms with van der Waals surface area (Å²) < 4.78 is 5.33. The van der Waals surface area contributed by atoms with E-state index in [4.69, 9.17) is 4.74 Å². The third-order valence-corrected chi connectivity index (χ3v) is 4.08. The Morgan fingerprint density at radius 3 is 2.68 bits per heavy atom. The molecule has 1 fully saturated rings. The van der Waals surface area contributed by atoms with Crippen molar-refractivity contribution in [2.24, 2.45) is 0 Å². The van der Waals surface area contributed by atoms with Crippen LogP contribution in [-0.2, 0) is 9.53 Å². The van der Waals surface area contributed by atoms with Gasteiger partial charge in [-0.25, -0.2) is 0 Å². The molecule has 2 atom stereocenters. The Labute approximate surface area is 117 Å². The maximum Gasteiger partial charge on any atom is 0.326 e. The molecule has 0 spiro atoms. The Morgan fingerprint density at radius 1 is 1.47 bits per heavy atom. The van der Waals surface area contributed by atoms with Crippen molar-refractivity contribution >= 4 is 5.97 Å². The third kappa shape index (κ3) is 4.18. The second-order valence-corrected chi connectivity index (χ2v) is 5.93. The van der Waals surface area contributed by atoms with E-state index in [9.17, 15) is 4.79 Å². The van der Waals surface area contributed by atoms with E-state index in [1.807, 2.05) is 6.92 Å². The Kier molecular flexibility index (Phi) is 6.27. The fourth-order valence-corrected chi connectivity index (χ4v) is 3.08. The van der Waals surface area contributed by atoms with E-state index >= 15 is 0 Å². The number of hydrogen-bond acceptors (Lipinski definition) is 4. The maximum atomic E-state index is 12.4. The molecule has 2 unspecified atom stereocenters. The van der Waals surface area contributed by atoms with Gasteiger partial charge < -0.3 is 9.64 Å². The molecule has 0 amide bonds. The van der Waals surface area contributed by atoms with Crippen LogP contribution in [0.2, 0.25) is 0 Å². The Bertz CT molecular complexity index is 294. The smallest absolute Gasteiger partial charge is 0.326 e. The first kappa shape index (κ1) is 16.4. The number of nitrogens with zero attached hydrogens (tertiary/aromatic N) is 1. The molecule has 1 N–H and O–H groups in total. The van der Waals surface area contributed by atoms with Gasteiger partial charge >= 0.3 is 5.97 Å². The molecule has 4 nitrogen and oxygen atoms in total. The van der Waals surface area contributed by atoms with Crippen molar-refractivity contribution in [3.63, 3.8) is 0 Å². The van der Waals surface area contributed by atoms with Gasteiger partial charge in [0.05, 0.1) is 6.61 Å². The zero-order valence-corrected chi connectivity index (χ0v) is 13.2. The summed E-state index contributed by atoms with van der Waals surface area (Å²) in [7, 11) is 2.14. The average Bonchev–Trinajstić information content (AvgIpc) is 2.37. The number of esters is 1. The molecule has 19 heavy (non-hydrogen) atoms. The molecule has 1 aliphatic carbocycles. The van der Waals surface area contributed by atoms with Crippen LogP contribution >= 0.6 is 0 Å². The number of carbonyl (C=O) groups excluding carboxylic acids is 1. The Balaban J connectivity index is 2.86. The standard InChI is InChI=1S/C15H30N2O2/c1-6-17(5)13-9-8-10-15(11-13,16-12(3)4)14(18)19-7-2/h12-13,16H,6-11H2,1-5H3. The summed E-state index contributed by atoms with van der Waals surface area (Å²) in [5, 5.41) is 3.49. The van der Waals surface area contributed by atoms with Crippen molar-refractivity contribution < 1.29 is 9.53 Å². The number of carbonyl (C=O) groups is 1. The summed E-state index contributed by atoms with van der Waals surface area (Å²) in [6.07, 6.45) is 3.99. The van der Waals surface area contributed by atoms with Gasteiger partial charge in [0.15, 0.2) is 0 Å². The highest BCUT2D eigenvalue weighted by Crippen LogP contribution is 2.32. The maximum absolute atomic E-state index is 12.4. The minimum atomic E-state index is -0.490. The molecule has 0 saturated heterocycles. The van der Waals surface area contributed by atoms with E-state index in [2.05, 4.69) is 38.0 Å². The van der Waals surface area contributed by atoms with Crippen LogP contribution in [0.4, 0.5) is 0 Å². The minimum Gasteiger partial charge on any atom is -0.465 e. The summed E-state index contributed by atoms with van der Waals surface area (Å²) in [5.74, 6) is -0.0714. The van der Waals surface area contributed by atoms with E-state index < -0.39 is 5.54 Å². The van der Waals surface area contributed by atoms with Crippen LogP contribution < -0.4 is 5.32 Å². The van der Waals surface area contributed by atoms with Gasteiger partial charge in [0, 0.05) is 12.1 Å². The van der Waals surface area contributed by atoms with Gasteiger partial charge in [0.2, 0.25) is 0 Å². The van der Waals surface area contributed by atoms with Gasteiger partial charge in [0.1, 0.15) is 5.54 Å². The van der Waals surface area contributed by atoms with Gasteiger partial charge in [-0.1, -0.05) is 6.92 Å². The fraction of sp³-hybridized carbons (Fsp3) is 0.933. The van der Waals surface area contributed by atoms with Crippen molar-refractivity contribution in [1.82, 2.24) is 10.2 Å². The summed E-state index contributed by atoms with van der Waals surface area (Å²) >= 11 is 0. The molecule has 1 saturated carbocycles. The minimum absolute atomic E-state index is 0.0714. The SMILES string of the molecule is CCOC(=O)C1(NC(C)C)CCCC(N(C)CC)C1. The Hall–Kier alpha value is -0.610. The predicted molar refractivity (Wildman–Crippen MR) is 78.2 cm³/mol. The van der Waals surface area contributed by atoms with Crippen LogP contribution in [0.1, 0.15) is 53.4 Å². The molecular weight excluding hydrogens is 240 g/mol. The monoisotopic (exact) mass is 270 g/mol. The van der Waals surface area contributed by atoms with Crippen LogP contribution in [0.25, 0.3) is 0 Å². The molecular formula is C15H30N2O2. The average molecular weight is 270 g/mol. The first-order chi connectivity index (χ1) is 8.95. The molecule has 0 aromatic heterocycles. The Morgan fingerprint density at radius 2 is 2.16 bits per heavy atom. The zero-order valence-electron chi connectivity index (χ0n) is 13.2. The third-order valence-electron chi connectivity index (χ3n) is 4.08. The second-order valence-electron chi connectivity index (χ2n) is 5.93. The van der Waals surface area contributed by atoms with Gasteiger partial charge in [-0.2, -0.15) is 0 Å². The summed E-state index contributed by atoms with van der Waals surface area (Å²) in [4.78, 5) is 14.8. The zero-order chi connectivity index (χ0) is 14.5. The quantitative estimate of drug-likeness (QED) is 0.751. The van der Waals surface area contributed by atoms with Gasteiger partial charge in [-0.05, 0) is 60.0 Å². The molecule has 0 bridgehead atoms. The molecule has 1 aliphatic rings. The predicted octanol–water partition coefficient (Wildman–Crippen LogP) is 2.18. The lowest BCUT2D eigenvalue weighted by atomic mass is 9.78. The highest BCUT2D eigenvalue weighted by molar-refractivity contribution is 5.81. The van der Waals surface area contributed by atoms with Crippen LogP contribution in [0.3, 0.4) is 0 Å². The molecule has 1 rings (SSSR count). The van der Waals surface area contributed by atoms with Gasteiger partial charge in [-0.3, -0.25) is 10.1 Å². The molecule has 0 radical (unpaired) electrons. The number of nitrogens with one attached hydrogen (secondary N) is 1. The number of rotatable bonds is 6. The topological polar surface area (TPSA) is 41.6 Å². The van der Waals surface area contributed by atoms with E-state index in [0.717, 1.165) is 25.8 Å². The molecule has 4 heteroatoms. The van der Waals surface area contributed by atoms with E-state index in [-0.39, 0.29) is 12.0 Å². The number of ether oxygens (including phenoxy) is 1. The van der Waals surface area contributed by atoms with Crippen molar-refractivity contribution in [1.29, 1.82) is 0 Å². The van der Waals surface area contributed by atoms with Crippen LogP contribution in [0.5, 0.6) is 0 Å². The van der Waals surface area contributed by atoms with Crippen molar-refractivity contribution in [3.05, 3.63) is 0 Å². The lowest BCUT2D eigenvalue weighted by molar-refractivity contribution is -0.154. The van der Waals surface area contributed by atoms with Crippen LogP contribution in [0.15, 0.2) is 0 Å². The van der Waals surface area contributed by atoms with E-state index in [1.165, 1.54) is 6.42 Å². The van der Waals surface area contributed by atoms with Crippen LogP contribution in [-0.4, -0.2) is 48.7 Å². The summed E-state index contributed by atoms with van der Waals surface area (Å²) in [6, 6.07) is 0.754. The highest BCUT2D eigenvalue weighted by Gasteiger charge is 2.44. The lowest BCUT2D eigenvalue weighted by Crippen LogP contribution is -2.60. The molecule has 112 valence electrons. The van der Waals surface area contributed by atoms with Gasteiger partial charge in [0.25, 0.3) is 0 Å². The summed E-state index contributed by atoms with van der Waals surface area (Å²) in [6.45, 7) is 9.69. The molecule has 0 aromatic carbocycles. The normalized spacial score (nSPS) is 27.8. The van der Waals surface area contributed by atoms with Crippen molar-refractivity contribution in [2.75, 3.05) is 20.2 Å². The molecule has 0 aliphatic heterocycles. The fourth-order valence-electron chi connectivity index (χ4n) is 3.08. The lowest BCUT2D eigenvalue weighted by Gasteiger charge is -2.43. The van der Waals surface area contributed by atoms with Gasteiger partial charge in [-0.15, -0.1) is 0 Å².